The van der Waals surface area contributed by atoms with E-state index in [1.54, 1.807) is 0 Å². The Balaban J connectivity index is 2.71. The van der Waals surface area contributed by atoms with Crippen molar-refractivity contribution in [1.29, 1.82) is 0 Å². The average Bonchev–Trinajstić information content (AvgIpc) is 2.17. The Hall–Kier alpha value is -1.11. The largest absolute Gasteiger partial charge is 0.202 e. The molecule has 1 aromatic rings. The van der Waals surface area contributed by atoms with Crippen molar-refractivity contribution in [3.8, 4) is 0 Å². The van der Waals surface area contributed by atoms with Gasteiger partial charge in [-0.2, -0.15) is 0 Å². The van der Waals surface area contributed by atoms with Gasteiger partial charge in [0.05, 0.1) is 6.42 Å². The molecular formula is C12H18N+. The maximum absolute atomic E-state index is 3.76. The molecule has 1 rings (SSSR count). The van der Waals surface area contributed by atoms with E-state index in [4.69, 9.17) is 0 Å². The van der Waals surface area contributed by atoms with Gasteiger partial charge in [-0.25, -0.2) is 4.57 Å². The van der Waals surface area contributed by atoms with Crippen LogP contribution in [-0.2, 0) is 13.0 Å². The molecule has 0 unspecified atom stereocenters. The molecule has 0 amide bonds. The van der Waals surface area contributed by atoms with Gasteiger partial charge in [-0.3, -0.25) is 0 Å². The SMILES string of the molecule is C=CCc1cccc[n+]1CCCC. The zero-order valence-corrected chi connectivity index (χ0v) is 8.37. The molecule has 1 heteroatoms. The zero-order chi connectivity index (χ0) is 9.52. The molecule has 0 fully saturated rings. The van der Waals surface area contributed by atoms with Crippen molar-refractivity contribution in [3.05, 3.63) is 42.7 Å². The predicted molar refractivity (Wildman–Crippen MR) is 55.4 cm³/mol. The van der Waals surface area contributed by atoms with Crippen LogP contribution < -0.4 is 4.57 Å². The van der Waals surface area contributed by atoms with Gasteiger partial charge < -0.3 is 0 Å². The Morgan fingerprint density at radius 3 is 3.00 bits per heavy atom. The van der Waals surface area contributed by atoms with Crippen molar-refractivity contribution < 1.29 is 4.57 Å². The van der Waals surface area contributed by atoms with Gasteiger partial charge in [-0.05, 0) is 0 Å². The molecule has 0 N–H and O–H groups in total. The fourth-order valence-electron chi connectivity index (χ4n) is 1.39. The van der Waals surface area contributed by atoms with Crippen LogP contribution in [0.15, 0.2) is 37.1 Å². The summed E-state index contributed by atoms with van der Waals surface area (Å²) in [5, 5.41) is 0. The molecule has 70 valence electrons. The number of aryl methyl sites for hydroxylation is 1. The second-order valence-corrected chi connectivity index (χ2v) is 3.23. The number of aromatic nitrogens is 1. The van der Waals surface area contributed by atoms with Crippen molar-refractivity contribution in [1.82, 2.24) is 0 Å². The number of nitrogens with zero attached hydrogens (tertiary/aromatic N) is 1. The Labute approximate surface area is 80.7 Å². The quantitative estimate of drug-likeness (QED) is 0.479. The van der Waals surface area contributed by atoms with E-state index in [1.807, 2.05) is 6.08 Å². The second-order valence-electron chi connectivity index (χ2n) is 3.23. The van der Waals surface area contributed by atoms with Crippen LogP contribution in [0, 0.1) is 0 Å². The van der Waals surface area contributed by atoms with E-state index in [1.165, 1.54) is 18.5 Å². The van der Waals surface area contributed by atoms with Gasteiger partial charge in [0.15, 0.2) is 11.9 Å². The first-order valence-electron chi connectivity index (χ1n) is 4.96. The highest BCUT2D eigenvalue weighted by atomic mass is 14.9. The first kappa shape index (κ1) is 9.97. The van der Waals surface area contributed by atoms with Gasteiger partial charge in [0.1, 0.15) is 6.54 Å². The van der Waals surface area contributed by atoms with Gasteiger partial charge in [0, 0.05) is 18.6 Å². The van der Waals surface area contributed by atoms with Gasteiger partial charge in [0.2, 0.25) is 0 Å². The first-order valence-corrected chi connectivity index (χ1v) is 4.96. The van der Waals surface area contributed by atoms with Crippen molar-refractivity contribution in [2.45, 2.75) is 32.7 Å². The molecule has 0 saturated heterocycles. The molecule has 1 heterocycles. The van der Waals surface area contributed by atoms with E-state index >= 15 is 0 Å². The lowest BCUT2D eigenvalue weighted by Gasteiger charge is -2.00. The van der Waals surface area contributed by atoms with Gasteiger partial charge >= 0.3 is 0 Å². The maximum atomic E-state index is 3.76. The third kappa shape index (κ3) is 3.02. The first-order chi connectivity index (χ1) is 6.38. The lowest BCUT2D eigenvalue weighted by Crippen LogP contribution is -2.37. The van der Waals surface area contributed by atoms with Crippen LogP contribution in [0.2, 0.25) is 0 Å². The topological polar surface area (TPSA) is 3.88 Å². The minimum atomic E-state index is 0.963. The van der Waals surface area contributed by atoms with E-state index < -0.39 is 0 Å². The molecule has 0 aliphatic heterocycles. The molecule has 13 heavy (non-hydrogen) atoms. The third-order valence-electron chi connectivity index (χ3n) is 2.14. The molecule has 1 aromatic heterocycles. The van der Waals surface area contributed by atoms with Crippen LogP contribution in [0.1, 0.15) is 25.5 Å². The van der Waals surface area contributed by atoms with E-state index in [0.29, 0.717) is 0 Å². The van der Waals surface area contributed by atoms with Crippen LogP contribution in [-0.4, -0.2) is 0 Å². The summed E-state index contributed by atoms with van der Waals surface area (Å²) in [6.07, 6.45) is 7.56. The highest BCUT2D eigenvalue weighted by Crippen LogP contribution is 1.95. The minimum absolute atomic E-state index is 0.963. The zero-order valence-electron chi connectivity index (χ0n) is 8.37. The van der Waals surface area contributed by atoms with Gasteiger partial charge in [-0.1, -0.05) is 25.5 Å². The highest BCUT2D eigenvalue weighted by molar-refractivity contribution is 5.00. The molecule has 0 aromatic carbocycles. The Morgan fingerprint density at radius 2 is 2.31 bits per heavy atom. The molecule has 0 saturated carbocycles. The minimum Gasteiger partial charge on any atom is -0.202 e. The molecule has 1 nitrogen and oxygen atoms in total. The Morgan fingerprint density at radius 1 is 1.46 bits per heavy atom. The maximum Gasteiger partial charge on any atom is 0.185 e. The smallest absolute Gasteiger partial charge is 0.185 e. The van der Waals surface area contributed by atoms with Crippen molar-refractivity contribution in [2.24, 2.45) is 0 Å². The summed E-state index contributed by atoms with van der Waals surface area (Å²) in [4.78, 5) is 0. The lowest BCUT2D eigenvalue weighted by molar-refractivity contribution is -0.704. The summed E-state index contributed by atoms with van der Waals surface area (Å²) in [5.74, 6) is 0. The van der Waals surface area contributed by atoms with E-state index in [0.717, 1.165) is 13.0 Å². The normalized spacial score (nSPS) is 9.92. The van der Waals surface area contributed by atoms with Crippen molar-refractivity contribution in [3.63, 3.8) is 0 Å². The number of pyridine rings is 1. The second kappa shape index (κ2) is 5.52. The monoisotopic (exact) mass is 176 g/mol. The van der Waals surface area contributed by atoms with Crippen LogP contribution >= 0.6 is 0 Å². The van der Waals surface area contributed by atoms with Gasteiger partial charge in [-0.15, -0.1) is 6.58 Å². The average molecular weight is 176 g/mol. The Bertz CT molecular complexity index is 266. The summed E-state index contributed by atoms with van der Waals surface area (Å²) < 4.78 is 2.31. The van der Waals surface area contributed by atoms with Crippen LogP contribution in [0.25, 0.3) is 0 Å². The fourth-order valence-corrected chi connectivity index (χ4v) is 1.39. The van der Waals surface area contributed by atoms with Crippen LogP contribution in [0.5, 0.6) is 0 Å². The third-order valence-corrected chi connectivity index (χ3v) is 2.14. The number of unbranched alkanes of at least 4 members (excludes halogenated alkanes) is 1. The van der Waals surface area contributed by atoms with Crippen LogP contribution in [0.3, 0.4) is 0 Å². The summed E-state index contributed by atoms with van der Waals surface area (Å²) in [6.45, 7) is 7.11. The lowest BCUT2D eigenvalue weighted by atomic mass is 10.2. The number of hydrogen-bond donors (Lipinski definition) is 0. The Kier molecular flexibility index (Phi) is 4.24. The number of hydrogen-bond acceptors (Lipinski definition) is 0. The molecule has 0 aliphatic rings. The molecule has 0 bridgehead atoms. The standard InChI is InChI=1S/C12H18N/c1-3-5-10-13-11-7-6-9-12(13)8-4-2/h4,6-7,9,11H,2-3,5,8,10H2,1H3/q+1. The predicted octanol–water partition coefficient (Wildman–Crippen LogP) is 2.50. The van der Waals surface area contributed by atoms with E-state index in [-0.39, 0.29) is 0 Å². The molecule has 0 spiro atoms. The molecule has 0 atom stereocenters. The van der Waals surface area contributed by atoms with E-state index in [2.05, 4.69) is 42.5 Å². The molecule has 0 aliphatic carbocycles. The molecule has 0 radical (unpaired) electrons. The van der Waals surface area contributed by atoms with E-state index in [9.17, 15) is 0 Å². The summed E-state index contributed by atoms with van der Waals surface area (Å²) in [5.41, 5.74) is 1.35. The van der Waals surface area contributed by atoms with Gasteiger partial charge in [0.25, 0.3) is 0 Å². The van der Waals surface area contributed by atoms with Crippen molar-refractivity contribution >= 4 is 0 Å². The van der Waals surface area contributed by atoms with Crippen LogP contribution in [0.4, 0.5) is 0 Å². The number of rotatable bonds is 5. The van der Waals surface area contributed by atoms with Crippen molar-refractivity contribution in [2.75, 3.05) is 0 Å². The number of allylic oxidation sites excluding steroid dienone is 1. The molecular weight excluding hydrogens is 158 g/mol. The summed E-state index contributed by atoms with van der Waals surface area (Å²) in [7, 11) is 0. The summed E-state index contributed by atoms with van der Waals surface area (Å²) >= 11 is 0. The summed E-state index contributed by atoms with van der Waals surface area (Å²) in [6, 6.07) is 6.33. The highest BCUT2D eigenvalue weighted by Gasteiger charge is 2.05. The fraction of sp³-hybridized carbons (Fsp3) is 0.417.